The molecular formula is C23H29N11O8. The number of imidazole rings is 2. The van der Waals surface area contributed by atoms with E-state index < -0.39 is 60.4 Å². The molecular weight excluding hydrogens is 558 g/mol. The Kier molecular flexibility index (Phi) is 7.20. The third-order valence-corrected chi connectivity index (χ3v) is 7.59. The van der Waals surface area contributed by atoms with Crippen LogP contribution in [0.1, 0.15) is 18.9 Å². The van der Waals surface area contributed by atoms with Gasteiger partial charge in [-0.05, 0) is 0 Å². The number of ether oxygens (including phenoxy) is 3. The van der Waals surface area contributed by atoms with Crippen LogP contribution in [-0.4, -0.2) is 111 Å². The molecule has 19 nitrogen and oxygen atoms in total. The molecule has 1 amide bonds. The van der Waals surface area contributed by atoms with Gasteiger partial charge in [0.15, 0.2) is 35.1 Å². The molecule has 0 aliphatic carbocycles. The standard InChI is InChI=1S/C23H29N11O8/c1-40-16-8(10(4-35)42-22(16)33-6-29-12-17(24)27-5-28-18(12)33)2-11(36)26-3-9-14(37)15(38)21(41-9)34-7-30-13-19(34)31-23(25)32-20(13)39/h5-10,14-16,21-22,35,37-38H,2-4H2,1H3,(H,26,36)(H2,24,27,28)(H3,25,31,32,39)/t8-,9-,10-,14-,15-,16-,21-,22-/m1/s1. The predicted octanol–water partition coefficient (Wildman–Crippen LogP) is -3.23. The number of anilines is 2. The van der Waals surface area contributed by atoms with Gasteiger partial charge < -0.3 is 46.3 Å². The number of H-pyrrole nitrogens is 1. The fourth-order valence-corrected chi connectivity index (χ4v) is 5.54. The second kappa shape index (κ2) is 10.9. The Morgan fingerprint density at radius 2 is 1.76 bits per heavy atom. The van der Waals surface area contributed by atoms with E-state index in [1.807, 2.05) is 0 Å². The number of aromatic amines is 1. The van der Waals surface area contributed by atoms with Gasteiger partial charge in [-0.1, -0.05) is 0 Å². The van der Waals surface area contributed by atoms with Crippen LogP contribution in [0.5, 0.6) is 0 Å². The van der Waals surface area contributed by atoms with E-state index in [0.29, 0.717) is 11.2 Å². The number of nitrogen functional groups attached to an aromatic ring is 2. The molecule has 9 N–H and O–H groups in total. The maximum Gasteiger partial charge on any atom is 0.280 e. The molecule has 4 aromatic heterocycles. The molecule has 0 bridgehead atoms. The lowest BCUT2D eigenvalue weighted by molar-refractivity contribution is -0.124. The number of fused-ring (bicyclic) bond motifs is 2. The number of methoxy groups -OCH3 is 1. The molecule has 2 aliphatic rings. The number of rotatable bonds is 8. The number of aliphatic hydroxyl groups is 3. The molecule has 0 spiro atoms. The number of hydrogen-bond acceptors (Lipinski definition) is 15. The van der Waals surface area contributed by atoms with Crippen LogP contribution in [0.15, 0.2) is 23.8 Å². The van der Waals surface area contributed by atoms with Crippen LogP contribution in [0.25, 0.3) is 22.3 Å². The van der Waals surface area contributed by atoms with Gasteiger partial charge in [-0.3, -0.25) is 23.7 Å². The van der Waals surface area contributed by atoms with Crippen molar-refractivity contribution in [3.63, 3.8) is 0 Å². The summed E-state index contributed by atoms with van der Waals surface area (Å²) in [5, 5.41) is 34.0. The summed E-state index contributed by atoms with van der Waals surface area (Å²) >= 11 is 0. The molecule has 42 heavy (non-hydrogen) atoms. The highest BCUT2D eigenvalue weighted by molar-refractivity contribution is 5.81. The van der Waals surface area contributed by atoms with E-state index in [1.165, 1.54) is 30.7 Å². The molecule has 0 radical (unpaired) electrons. The van der Waals surface area contributed by atoms with E-state index in [-0.39, 0.29) is 42.5 Å². The smallest absolute Gasteiger partial charge is 0.280 e. The molecule has 0 unspecified atom stereocenters. The van der Waals surface area contributed by atoms with E-state index in [0.717, 1.165) is 0 Å². The molecule has 2 saturated heterocycles. The third kappa shape index (κ3) is 4.61. The fourth-order valence-electron chi connectivity index (χ4n) is 5.54. The van der Waals surface area contributed by atoms with Gasteiger partial charge in [0.2, 0.25) is 11.9 Å². The Balaban J connectivity index is 1.13. The summed E-state index contributed by atoms with van der Waals surface area (Å²) in [6.07, 6.45) is -3.22. The summed E-state index contributed by atoms with van der Waals surface area (Å²) < 4.78 is 20.5. The number of hydrogen-bond donors (Lipinski definition) is 7. The average molecular weight is 588 g/mol. The summed E-state index contributed by atoms with van der Waals surface area (Å²) in [7, 11) is 1.47. The van der Waals surface area contributed by atoms with E-state index in [2.05, 4.69) is 35.2 Å². The number of nitrogens with one attached hydrogen (secondary N) is 2. The minimum atomic E-state index is -1.42. The van der Waals surface area contributed by atoms with Crippen LogP contribution < -0.4 is 22.3 Å². The van der Waals surface area contributed by atoms with E-state index in [1.54, 1.807) is 4.57 Å². The van der Waals surface area contributed by atoms with Crippen LogP contribution in [-0.2, 0) is 19.0 Å². The number of amides is 1. The normalized spacial score (nSPS) is 29.5. The lowest BCUT2D eigenvalue weighted by Crippen LogP contribution is -2.41. The van der Waals surface area contributed by atoms with E-state index in [4.69, 9.17) is 25.7 Å². The summed E-state index contributed by atoms with van der Waals surface area (Å²) in [4.78, 5) is 47.9. The van der Waals surface area contributed by atoms with Crippen molar-refractivity contribution in [3.05, 3.63) is 29.3 Å². The number of carbonyl (C=O) groups excluding carboxylic acids is 1. The van der Waals surface area contributed by atoms with Gasteiger partial charge in [0, 0.05) is 26.0 Å². The van der Waals surface area contributed by atoms with Gasteiger partial charge in [0.25, 0.3) is 5.56 Å². The molecule has 2 aliphatic heterocycles. The van der Waals surface area contributed by atoms with Crippen LogP contribution in [0.3, 0.4) is 0 Å². The van der Waals surface area contributed by atoms with Gasteiger partial charge >= 0.3 is 0 Å². The van der Waals surface area contributed by atoms with Crippen LogP contribution in [0, 0.1) is 5.92 Å². The highest BCUT2D eigenvalue weighted by Crippen LogP contribution is 2.39. The maximum absolute atomic E-state index is 13.0. The molecule has 19 heteroatoms. The molecule has 0 aromatic carbocycles. The van der Waals surface area contributed by atoms with E-state index in [9.17, 15) is 24.9 Å². The lowest BCUT2D eigenvalue weighted by atomic mass is 9.93. The van der Waals surface area contributed by atoms with Crippen LogP contribution >= 0.6 is 0 Å². The Morgan fingerprint density at radius 3 is 2.50 bits per heavy atom. The first-order valence-electron chi connectivity index (χ1n) is 12.9. The maximum atomic E-state index is 13.0. The Morgan fingerprint density at radius 1 is 1.05 bits per heavy atom. The van der Waals surface area contributed by atoms with Crippen molar-refractivity contribution < 1.29 is 34.3 Å². The van der Waals surface area contributed by atoms with Crippen molar-refractivity contribution >= 4 is 40.0 Å². The zero-order valence-corrected chi connectivity index (χ0v) is 22.1. The zero-order valence-electron chi connectivity index (χ0n) is 22.1. The van der Waals surface area contributed by atoms with Gasteiger partial charge in [-0.2, -0.15) is 4.98 Å². The Bertz CT molecular complexity index is 1670. The van der Waals surface area contributed by atoms with Crippen molar-refractivity contribution in [2.24, 2.45) is 5.92 Å². The van der Waals surface area contributed by atoms with Crippen molar-refractivity contribution in [1.29, 1.82) is 0 Å². The molecule has 0 saturated carbocycles. The van der Waals surface area contributed by atoms with Gasteiger partial charge in [-0.15, -0.1) is 0 Å². The van der Waals surface area contributed by atoms with Crippen LogP contribution in [0.4, 0.5) is 11.8 Å². The average Bonchev–Trinajstić information content (AvgIpc) is 3.72. The first-order valence-corrected chi connectivity index (χ1v) is 12.9. The third-order valence-electron chi connectivity index (χ3n) is 7.59. The monoisotopic (exact) mass is 587 g/mol. The predicted molar refractivity (Wildman–Crippen MR) is 141 cm³/mol. The highest BCUT2D eigenvalue weighted by Gasteiger charge is 2.48. The highest BCUT2D eigenvalue weighted by atomic mass is 16.6. The Hall–Kier alpha value is -4.27. The fraction of sp³-hybridized carbons (Fsp3) is 0.522. The number of nitrogens with two attached hydrogens (primary N) is 2. The lowest BCUT2D eigenvalue weighted by Gasteiger charge is -2.23. The number of aliphatic hydroxyl groups excluding tert-OH is 3. The minimum Gasteiger partial charge on any atom is -0.394 e. The van der Waals surface area contributed by atoms with Crippen molar-refractivity contribution in [2.45, 2.75) is 49.4 Å². The van der Waals surface area contributed by atoms with Crippen molar-refractivity contribution in [1.82, 2.24) is 44.4 Å². The first-order chi connectivity index (χ1) is 20.2. The summed E-state index contributed by atoms with van der Waals surface area (Å²) in [5.41, 5.74) is 11.8. The van der Waals surface area contributed by atoms with Gasteiger partial charge in [0.05, 0.1) is 25.4 Å². The molecule has 6 heterocycles. The molecule has 224 valence electrons. The SMILES string of the molecule is CO[C@@H]1[C@H](CC(=O)NC[C@H]2O[C@@H](n3cnc4c(=O)[nH]c(N)nc43)[C@H](O)[C@@H]2O)[C@@H](CO)O[C@H]1n1cnc2c(N)ncnc21. The molecule has 4 aromatic rings. The molecule has 6 rings (SSSR count). The topological polar surface area (TPSA) is 277 Å². The Labute approximate surface area is 235 Å². The number of aromatic nitrogens is 8. The second-order valence-electron chi connectivity index (χ2n) is 10.0. The molecule has 8 atom stereocenters. The second-order valence-corrected chi connectivity index (χ2v) is 10.0. The van der Waals surface area contributed by atoms with Gasteiger partial charge in [-0.25, -0.2) is 19.9 Å². The van der Waals surface area contributed by atoms with Crippen LogP contribution in [0.2, 0.25) is 0 Å². The zero-order chi connectivity index (χ0) is 29.7. The first kappa shape index (κ1) is 27.9. The summed E-state index contributed by atoms with van der Waals surface area (Å²) in [5.74, 6) is -0.964. The minimum absolute atomic E-state index is 0.0194. The van der Waals surface area contributed by atoms with Crippen molar-refractivity contribution in [2.75, 3.05) is 31.7 Å². The molecule has 2 fully saturated rings. The quantitative estimate of drug-likeness (QED) is 0.107. The summed E-state index contributed by atoms with van der Waals surface area (Å²) in [6, 6.07) is 0. The van der Waals surface area contributed by atoms with Gasteiger partial charge in [0.1, 0.15) is 36.3 Å². The number of nitrogens with zero attached hydrogens (tertiary/aromatic N) is 7. The van der Waals surface area contributed by atoms with E-state index >= 15 is 0 Å². The summed E-state index contributed by atoms with van der Waals surface area (Å²) in [6.45, 7) is -0.534. The largest absolute Gasteiger partial charge is 0.394 e. The van der Waals surface area contributed by atoms with Crippen molar-refractivity contribution in [3.8, 4) is 0 Å². The number of carbonyl (C=O) groups is 1.